The number of allylic oxidation sites excluding steroid dienone is 2. The predicted molar refractivity (Wildman–Crippen MR) is 109 cm³/mol. The van der Waals surface area contributed by atoms with Gasteiger partial charge in [-0.05, 0) is 39.0 Å². The standard InChI is InChI=1S/C17H26N4O2S3/c1-3-10-18-14(22)11-24-16-19-20-17(26-16)25-12-15(23)21(4-2)13-8-6-5-7-9-13/h8H,3-7,9-12H2,1-2H3,(H,18,22). The third-order valence-corrected chi connectivity index (χ3v) is 7.01. The van der Waals surface area contributed by atoms with Crippen molar-refractivity contribution in [2.24, 2.45) is 0 Å². The van der Waals surface area contributed by atoms with Crippen molar-refractivity contribution >= 4 is 46.7 Å². The lowest BCUT2D eigenvalue weighted by molar-refractivity contribution is -0.126. The summed E-state index contributed by atoms with van der Waals surface area (Å²) in [5.41, 5.74) is 1.16. The zero-order chi connectivity index (χ0) is 18.8. The summed E-state index contributed by atoms with van der Waals surface area (Å²) in [5.74, 6) is 0.835. The zero-order valence-corrected chi connectivity index (χ0v) is 17.8. The van der Waals surface area contributed by atoms with Crippen LogP contribution in [0, 0.1) is 0 Å². The van der Waals surface area contributed by atoms with Crippen molar-refractivity contribution < 1.29 is 9.59 Å². The van der Waals surface area contributed by atoms with Crippen molar-refractivity contribution in [2.45, 2.75) is 54.6 Å². The Morgan fingerprint density at radius 2 is 1.92 bits per heavy atom. The fraction of sp³-hybridized carbons (Fsp3) is 0.647. The Balaban J connectivity index is 1.78. The van der Waals surface area contributed by atoms with Gasteiger partial charge in [-0.2, -0.15) is 0 Å². The molecular weight excluding hydrogens is 388 g/mol. The van der Waals surface area contributed by atoms with E-state index in [1.807, 2.05) is 18.7 Å². The SMILES string of the molecule is CCCNC(=O)CSc1nnc(SCC(=O)N(CC)C2=CCCCC2)s1. The summed E-state index contributed by atoms with van der Waals surface area (Å²) in [6.07, 6.45) is 7.55. The first kappa shape index (κ1) is 21.2. The van der Waals surface area contributed by atoms with Gasteiger partial charge in [-0.1, -0.05) is 47.9 Å². The number of thioether (sulfide) groups is 2. The maximum atomic E-state index is 12.5. The Morgan fingerprint density at radius 3 is 2.54 bits per heavy atom. The van der Waals surface area contributed by atoms with Crippen molar-refractivity contribution in [3.8, 4) is 0 Å². The number of hydrogen-bond acceptors (Lipinski definition) is 7. The molecule has 1 N–H and O–H groups in total. The lowest BCUT2D eigenvalue weighted by Gasteiger charge is -2.26. The minimum Gasteiger partial charge on any atom is -0.355 e. The summed E-state index contributed by atoms with van der Waals surface area (Å²) in [7, 11) is 0. The van der Waals surface area contributed by atoms with Crippen LogP contribution in [0.4, 0.5) is 0 Å². The fourth-order valence-electron chi connectivity index (χ4n) is 2.56. The number of rotatable bonds is 10. The van der Waals surface area contributed by atoms with Crippen LogP contribution in [-0.4, -0.2) is 51.5 Å². The largest absolute Gasteiger partial charge is 0.355 e. The van der Waals surface area contributed by atoms with Gasteiger partial charge in [0.25, 0.3) is 0 Å². The average Bonchev–Trinajstić information content (AvgIpc) is 3.12. The molecule has 1 heterocycles. The van der Waals surface area contributed by atoms with E-state index in [1.54, 1.807) is 0 Å². The monoisotopic (exact) mass is 414 g/mol. The molecule has 26 heavy (non-hydrogen) atoms. The molecule has 0 spiro atoms. The van der Waals surface area contributed by atoms with Crippen LogP contribution in [0.3, 0.4) is 0 Å². The second-order valence-corrected chi connectivity index (χ2v) is 9.26. The number of aromatic nitrogens is 2. The van der Waals surface area contributed by atoms with Gasteiger partial charge in [-0.15, -0.1) is 10.2 Å². The molecule has 2 rings (SSSR count). The number of nitrogens with zero attached hydrogens (tertiary/aromatic N) is 3. The third kappa shape index (κ3) is 6.92. The molecule has 0 fully saturated rings. The molecule has 0 aromatic carbocycles. The highest BCUT2D eigenvalue weighted by Crippen LogP contribution is 2.29. The van der Waals surface area contributed by atoms with Crippen molar-refractivity contribution in [1.29, 1.82) is 0 Å². The van der Waals surface area contributed by atoms with Gasteiger partial charge in [-0.3, -0.25) is 9.59 Å². The van der Waals surface area contributed by atoms with Crippen LogP contribution in [0.1, 0.15) is 46.0 Å². The predicted octanol–water partition coefficient (Wildman–Crippen LogP) is 3.55. The van der Waals surface area contributed by atoms with Crippen molar-refractivity contribution in [3.63, 3.8) is 0 Å². The minimum atomic E-state index is 0.00998. The molecule has 6 nitrogen and oxygen atoms in total. The molecule has 0 unspecified atom stereocenters. The number of amides is 2. The second kappa shape index (κ2) is 11.6. The first-order chi connectivity index (χ1) is 12.6. The van der Waals surface area contributed by atoms with Crippen molar-refractivity contribution in [2.75, 3.05) is 24.6 Å². The number of nitrogens with one attached hydrogen (secondary N) is 1. The molecule has 1 aliphatic carbocycles. The van der Waals surface area contributed by atoms with Crippen LogP contribution in [0.25, 0.3) is 0 Å². The van der Waals surface area contributed by atoms with E-state index in [2.05, 4.69) is 21.6 Å². The van der Waals surface area contributed by atoms with Crippen molar-refractivity contribution in [1.82, 2.24) is 20.4 Å². The van der Waals surface area contributed by atoms with Gasteiger partial charge in [0.05, 0.1) is 11.5 Å². The molecule has 1 aromatic heterocycles. The minimum absolute atomic E-state index is 0.00998. The summed E-state index contributed by atoms with van der Waals surface area (Å²) >= 11 is 4.23. The van der Waals surface area contributed by atoms with E-state index in [0.717, 1.165) is 40.1 Å². The van der Waals surface area contributed by atoms with Crippen LogP contribution in [-0.2, 0) is 9.59 Å². The molecule has 1 aliphatic rings. The van der Waals surface area contributed by atoms with Gasteiger partial charge >= 0.3 is 0 Å². The third-order valence-electron chi connectivity index (χ3n) is 3.84. The molecule has 0 atom stereocenters. The number of carbonyl (C=O) groups excluding carboxylic acids is 2. The van der Waals surface area contributed by atoms with Gasteiger partial charge in [0, 0.05) is 18.8 Å². The van der Waals surface area contributed by atoms with E-state index in [0.29, 0.717) is 24.6 Å². The van der Waals surface area contributed by atoms with E-state index in [1.165, 1.54) is 41.3 Å². The van der Waals surface area contributed by atoms with Crippen LogP contribution in [0.2, 0.25) is 0 Å². The molecular formula is C17H26N4O2S3. The van der Waals surface area contributed by atoms with Crippen LogP contribution in [0.15, 0.2) is 20.5 Å². The summed E-state index contributed by atoms with van der Waals surface area (Å²) in [6.45, 7) is 5.44. The molecule has 0 radical (unpaired) electrons. The van der Waals surface area contributed by atoms with Gasteiger partial charge in [0.2, 0.25) is 11.8 Å². The fourth-order valence-corrected chi connectivity index (χ4v) is 5.29. The summed E-state index contributed by atoms with van der Waals surface area (Å²) < 4.78 is 1.53. The highest BCUT2D eigenvalue weighted by atomic mass is 32.2. The molecule has 0 bridgehead atoms. The molecule has 9 heteroatoms. The average molecular weight is 415 g/mol. The van der Waals surface area contributed by atoms with E-state index in [9.17, 15) is 9.59 Å². The van der Waals surface area contributed by atoms with Crippen LogP contribution in [0.5, 0.6) is 0 Å². The first-order valence-electron chi connectivity index (χ1n) is 8.99. The molecule has 0 aliphatic heterocycles. The topological polar surface area (TPSA) is 75.2 Å². The molecule has 0 saturated heterocycles. The summed E-state index contributed by atoms with van der Waals surface area (Å²) in [5, 5.41) is 11.1. The van der Waals surface area contributed by atoms with E-state index in [4.69, 9.17) is 0 Å². The van der Waals surface area contributed by atoms with E-state index >= 15 is 0 Å². The summed E-state index contributed by atoms with van der Waals surface area (Å²) in [6, 6.07) is 0. The normalized spacial score (nSPS) is 14.0. The lowest BCUT2D eigenvalue weighted by atomic mass is 10.0. The van der Waals surface area contributed by atoms with Crippen molar-refractivity contribution in [3.05, 3.63) is 11.8 Å². The van der Waals surface area contributed by atoms with Gasteiger partial charge in [0.1, 0.15) is 0 Å². The van der Waals surface area contributed by atoms with E-state index in [-0.39, 0.29) is 11.8 Å². The number of hydrogen-bond donors (Lipinski definition) is 1. The molecule has 2 amide bonds. The number of carbonyl (C=O) groups is 2. The zero-order valence-electron chi connectivity index (χ0n) is 15.3. The highest BCUT2D eigenvalue weighted by Gasteiger charge is 2.19. The van der Waals surface area contributed by atoms with Gasteiger partial charge in [-0.25, -0.2) is 0 Å². The Kier molecular flexibility index (Phi) is 9.49. The van der Waals surface area contributed by atoms with Gasteiger partial charge in [0.15, 0.2) is 8.68 Å². The molecule has 1 aromatic rings. The second-order valence-electron chi connectivity index (χ2n) is 5.84. The highest BCUT2D eigenvalue weighted by molar-refractivity contribution is 8.03. The van der Waals surface area contributed by atoms with Gasteiger partial charge < -0.3 is 10.2 Å². The van der Waals surface area contributed by atoms with E-state index < -0.39 is 0 Å². The Labute approximate surface area is 167 Å². The van der Waals surface area contributed by atoms with Crippen LogP contribution >= 0.6 is 34.9 Å². The Morgan fingerprint density at radius 1 is 1.19 bits per heavy atom. The maximum Gasteiger partial charge on any atom is 0.237 e. The Hall–Kier alpha value is -1.06. The Bertz CT molecular complexity index is 633. The quantitative estimate of drug-likeness (QED) is 0.590. The summed E-state index contributed by atoms with van der Waals surface area (Å²) in [4.78, 5) is 26.0. The maximum absolute atomic E-state index is 12.5. The molecule has 0 saturated carbocycles. The lowest BCUT2D eigenvalue weighted by Crippen LogP contribution is -2.32. The first-order valence-corrected chi connectivity index (χ1v) is 11.8. The molecule has 144 valence electrons. The smallest absolute Gasteiger partial charge is 0.237 e. The van der Waals surface area contributed by atoms with Crippen LogP contribution < -0.4 is 5.32 Å².